The van der Waals surface area contributed by atoms with E-state index in [0.717, 1.165) is 28.0 Å². The molecule has 0 amide bonds. The van der Waals surface area contributed by atoms with Gasteiger partial charge in [0.1, 0.15) is 5.82 Å². The van der Waals surface area contributed by atoms with Gasteiger partial charge in [-0.25, -0.2) is 9.97 Å². The van der Waals surface area contributed by atoms with E-state index in [9.17, 15) is 0 Å². The van der Waals surface area contributed by atoms with Gasteiger partial charge in [-0.1, -0.05) is 12.1 Å². The highest BCUT2D eigenvalue weighted by Gasteiger charge is 2.09. The minimum Gasteiger partial charge on any atom is -0.364 e. The fraction of sp³-hybridized carbons (Fsp3) is 0.0588. The number of fused-ring (bicyclic) bond motifs is 1. The lowest BCUT2D eigenvalue weighted by molar-refractivity contribution is 0.975. The maximum absolute atomic E-state index is 4.67. The van der Waals surface area contributed by atoms with Crippen molar-refractivity contribution in [1.29, 1.82) is 0 Å². The Morgan fingerprint density at radius 1 is 0.957 bits per heavy atom. The standard InChI is InChI=1S/C17H14N6/c1-2-6-15-14(5-1)17(19-11-13-7-9-20-23-13)22-16(21-15)12-4-3-8-18-10-12/h1-10H,11H2,(H,20,23)(H,19,21,22). The Bertz CT molecular complexity index is 918. The van der Waals surface area contributed by atoms with Crippen molar-refractivity contribution < 1.29 is 0 Å². The molecule has 0 saturated heterocycles. The fourth-order valence-corrected chi connectivity index (χ4v) is 2.40. The van der Waals surface area contributed by atoms with Crippen molar-refractivity contribution in [3.8, 4) is 11.4 Å². The molecule has 0 bridgehead atoms. The van der Waals surface area contributed by atoms with Crippen molar-refractivity contribution in [3.63, 3.8) is 0 Å². The van der Waals surface area contributed by atoms with Crippen molar-refractivity contribution in [2.24, 2.45) is 0 Å². The smallest absolute Gasteiger partial charge is 0.163 e. The quantitative estimate of drug-likeness (QED) is 0.606. The molecule has 1 aromatic carbocycles. The molecule has 0 aliphatic carbocycles. The van der Waals surface area contributed by atoms with E-state index in [1.54, 1.807) is 18.6 Å². The van der Waals surface area contributed by atoms with E-state index < -0.39 is 0 Å². The van der Waals surface area contributed by atoms with E-state index >= 15 is 0 Å². The summed E-state index contributed by atoms with van der Waals surface area (Å²) >= 11 is 0. The average Bonchev–Trinajstić information content (AvgIpc) is 3.14. The molecule has 112 valence electrons. The lowest BCUT2D eigenvalue weighted by Gasteiger charge is -2.10. The molecule has 6 heteroatoms. The molecule has 4 rings (SSSR count). The van der Waals surface area contributed by atoms with Gasteiger partial charge in [-0.2, -0.15) is 5.10 Å². The number of aromatic amines is 1. The number of hydrogen-bond donors (Lipinski definition) is 2. The third-order valence-electron chi connectivity index (χ3n) is 3.53. The third-order valence-corrected chi connectivity index (χ3v) is 3.53. The molecule has 0 aliphatic rings. The Hall–Kier alpha value is -3.28. The molecule has 4 aromatic rings. The molecule has 3 heterocycles. The van der Waals surface area contributed by atoms with Crippen LogP contribution < -0.4 is 5.32 Å². The Morgan fingerprint density at radius 3 is 2.74 bits per heavy atom. The van der Waals surface area contributed by atoms with Crippen molar-refractivity contribution in [2.45, 2.75) is 6.54 Å². The van der Waals surface area contributed by atoms with Gasteiger partial charge in [-0.15, -0.1) is 0 Å². The van der Waals surface area contributed by atoms with E-state index in [0.29, 0.717) is 12.4 Å². The lowest BCUT2D eigenvalue weighted by atomic mass is 10.2. The van der Waals surface area contributed by atoms with Crippen LogP contribution in [0.2, 0.25) is 0 Å². The number of nitrogens with zero attached hydrogens (tertiary/aromatic N) is 4. The molecule has 0 radical (unpaired) electrons. The van der Waals surface area contributed by atoms with Crippen molar-refractivity contribution in [2.75, 3.05) is 5.32 Å². The highest BCUT2D eigenvalue weighted by atomic mass is 15.1. The van der Waals surface area contributed by atoms with Gasteiger partial charge in [-0.05, 0) is 30.3 Å². The molecule has 3 aromatic heterocycles. The zero-order valence-electron chi connectivity index (χ0n) is 12.3. The van der Waals surface area contributed by atoms with Crippen molar-refractivity contribution in [3.05, 3.63) is 66.7 Å². The Labute approximate surface area is 132 Å². The maximum Gasteiger partial charge on any atom is 0.163 e. The lowest BCUT2D eigenvalue weighted by Crippen LogP contribution is -2.04. The van der Waals surface area contributed by atoms with Crippen LogP contribution in [0, 0.1) is 0 Å². The highest BCUT2D eigenvalue weighted by molar-refractivity contribution is 5.90. The Morgan fingerprint density at radius 2 is 1.91 bits per heavy atom. The van der Waals surface area contributed by atoms with Crippen LogP contribution in [0.25, 0.3) is 22.3 Å². The van der Waals surface area contributed by atoms with Gasteiger partial charge in [-0.3, -0.25) is 10.1 Å². The van der Waals surface area contributed by atoms with Gasteiger partial charge in [0.2, 0.25) is 0 Å². The zero-order chi connectivity index (χ0) is 15.5. The van der Waals surface area contributed by atoms with Gasteiger partial charge in [0, 0.05) is 29.5 Å². The summed E-state index contributed by atoms with van der Waals surface area (Å²) in [6.45, 7) is 0.619. The molecule has 0 atom stereocenters. The highest BCUT2D eigenvalue weighted by Crippen LogP contribution is 2.24. The molecular weight excluding hydrogens is 288 g/mol. The van der Waals surface area contributed by atoms with E-state index in [4.69, 9.17) is 0 Å². The van der Waals surface area contributed by atoms with Gasteiger partial charge in [0.05, 0.1) is 17.8 Å². The summed E-state index contributed by atoms with van der Waals surface area (Å²) in [6, 6.07) is 13.7. The fourth-order valence-electron chi connectivity index (χ4n) is 2.40. The summed E-state index contributed by atoms with van der Waals surface area (Å²) in [7, 11) is 0. The van der Waals surface area contributed by atoms with E-state index in [1.807, 2.05) is 42.5 Å². The molecule has 0 unspecified atom stereocenters. The molecule has 6 nitrogen and oxygen atoms in total. The van der Waals surface area contributed by atoms with E-state index in [1.165, 1.54) is 0 Å². The number of para-hydroxylation sites is 1. The van der Waals surface area contributed by atoms with Crippen LogP contribution in [0.15, 0.2) is 61.1 Å². The first-order valence-corrected chi connectivity index (χ1v) is 7.29. The van der Waals surface area contributed by atoms with E-state index in [2.05, 4.69) is 30.5 Å². The Balaban J connectivity index is 1.77. The number of pyridine rings is 1. The molecule has 0 fully saturated rings. The number of benzene rings is 1. The van der Waals surface area contributed by atoms with Crippen LogP contribution in [0.3, 0.4) is 0 Å². The van der Waals surface area contributed by atoms with Crippen LogP contribution in [-0.2, 0) is 6.54 Å². The third kappa shape index (κ3) is 2.74. The van der Waals surface area contributed by atoms with Crippen LogP contribution in [0.4, 0.5) is 5.82 Å². The number of H-pyrrole nitrogens is 1. The molecule has 2 N–H and O–H groups in total. The van der Waals surface area contributed by atoms with Crippen LogP contribution >= 0.6 is 0 Å². The largest absolute Gasteiger partial charge is 0.364 e. The minimum absolute atomic E-state index is 0.619. The number of anilines is 1. The predicted octanol–water partition coefficient (Wildman–Crippen LogP) is 3.03. The number of aromatic nitrogens is 5. The monoisotopic (exact) mass is 302 g/mol. The van der Waals surface area contributed by atoms with Gasteiger partial charge >= 0.3 is 0 Å². The van der Waals surface area contributed by atoms with Gasteiger partial charge < -0.3 is 5.32 Å². The second-order valence-electron chi connectivity index (χ2n) is 5.09. The van der Waals surface area contributed by atoms with Crippen LogP contribution in [0.1, 0.15) is 5.69 Å². The number of nitrogens with one attached hydrogen (secondary N) is 2. The van der Waals surface area contributed by atoms with Gasteiger partial charge in [0.25, 0.3) is 0 Å². The normalized spacial score (nSPS) is 10.8. The zero-order valence-corrected chi connectivity index (χ0v) is 12.3. The molecule has 23 heavy (non-hydrogen) atoms. The Kier molecular flexibility index (Phi) is 3.40. The first-order chi connectivity index (χ1) is 11.4. The molecule has 0 spiro atoms. The summed E-state index contributed by atoms with van der Waals surface area (Å²) in [4.78, 5) is 13.5. The summed E-state index contributed by atoms with van der Waals surface area (Å²) in [5, 5.41) is 11.2. The van der Waals surface area contributed by atoms with Gasteiger partial charge in [0.15, 0.2) is 5.82 Å². The number of rotatable bonds is 4. The number of hydrogen-bond acceptors (Lipinski definition) is 5. The van der Waals surface area contributed by atoms with Crippen LogP contribution in [0.5, 0.6) is 0 Å². The summed E-state index contributed by atoms with van der Waals surface area (Å²) in [6.07, 6.45) is 5.24. The summed E-state index contributed by atoms with van der Waals surface area (Å²) in [5.41, 5.74) is 2.78. The molecular formula is C17H14N6. The SMILES string of the molecule is c1cncc(-c2nc(NCc3ccn[nH]3)c3ccccc3n2)c1. The second kappa shape index (κ2) is 5.84. The van der Waals surface area contributed by atoms with Crippen molar-refractivity contribution in [1.82, 2.24) is 25.1 Å². The summed E-state index contributed by atoms with van der Waals surface area (Å²) < 4.78 is 0. The summed E-state index contributed by atoms with van der Waals surface area (Å²) in [5.74, 6) is 1.45. The first kappa shape index (κ1) is 13.4. The topological polar surface area (TPSA) is 79.4 Å². The molecule has 0 saturated carbocycles. The van der Waals surface area contributed by atoms with Crippen molar-refractivity contribution >= 4 is 16.7 Å². The average molecular weight is 302 g/mol. The van der Waals surface area contributed by atoms with Crippen LogP contribution in [-0.4, -0.2) is 25.1 Å². The molecule has 0 aliphatic heterocycles. The second-order valence-corrected chi connectivity index (χ2v) is 5.09. The predicted molar refractivity (Wildman–Crippen MR) is 88.7 cm³/mol. The van der Waals surface area contributed by atoms with E-state index in [-0.39, 0.29) is 0 Å². The minimum atomic E-state index is 0.619. The first-order valence-electron chi connectivity index (χ1n) is 7.29. The maximum atomic E-state index is 4.67.